The quantitative estimate of drug-likeness (QED) is 0.0679. The van der Waals surface area contributed by atoms with Gasteiger partial charge in [0.2, 0.25) is 5.82 Å². The number of anilines is 1. The number of benzene rings is 4. The van der Waals surface area contributed by atoms with E-state index in [0.717, 1.165) is 23.5 Å². The molecule has 1 aliphatic heterocycles. The highest BCUT2D eigenvalue weighted by atomic mass is 127. The second-order valence-electron chi connectivity index (χ2n) is 8.52. The molecule has 1 amide bonds. The number of hydrogen-bond acceptors (Lipinski definition) is 3. The average molecular weight is 760 g/mol. The van der Waals surface area contributed by atoms with E-state index in [-0.39, 0.29) is 16.3 Å². The molecule has 5 rings (SSSR count). The number of rotatable bonds is 5. The maximum atomic E-state index is 14.3. The zero-order valence-corrected chi connectivity index (χ0v) is 24.2. The second-order valence-corrected chi connectivity index (χ2v) is 10.8. The molecule has 0 aromatic heterocycles. The fraction of sp³-hybridized carbons (Fsp3) is 0.0714. The number of nitrogens with zero attached hydrogens (tertiary/aromatic N) is 2. The molecular formula is C28H15F5I2N2O2. The molecule has 4 aromatic carbocycles. The molecule has 1 aliphatic rings. The molecule has 0 aliphatic carbocycles. The first-order valence-corrected chi connectivity index (χ1v) is 13.5. The third-order valence-electron chi connectivity index (χ3n) is 6.04. The zero-order valence-electron chi connectivity index (χ0n) is 19.8. The monoisotopic (exact) mass is 760 g/mol. The zero-order chi connectivity index (χ0) is 28.0. The highest BCUT2D eigenvalue weighted by Crippen LogP contribution is 2.35. The first-order valence-electron chi connectivity index (χ1n) is 11.3. The number of ether oxygens (including phenoxy) is 1. The van der Waals surface area contributed by atoms with E-state index < -0.39 is 40.7 Å². The molecule has 0 unspecified atom stereocenters. The van der Waals surface area contributed by atoms with E-state index >= 15 is 0 Å². The molecule has 0 saturated carbocycles. The van der Waals surface area contributed by atoms with Gasteiger partial charge < -0.3 is 4.74 Å². The van der Waals surface area contributed by atoms with Gasteiger partial charge in [0.05, 0.1) is 18.4 Å². The molecule has 11 heteroatoms. The van der Waals surface area contributed by atoms with E-state index in [9.17, 15) is 26.7 Å². The highest BCUT2D eigenvalue weighted by molar-refractivity contribution is 14.1. The predicted octanol–water partition coefficient (Wildman–Crippen LogP) is 8.13. The van der Waals surface area contributed by atoms with Crippen molar-refractivity contribution < 1.29 is 31.5 Å². The fourth-order valence-electron chi connectivity index (χ4n) is 4.15. The Balaban J connectivity index is 1.43. The van der Waals surface area contributed by atoms with Gasteiger partial charge >= 0.3 is 0 Å². The Morgan fingerprint density at radius 3 is 2.13 bits per heavy atom. The molecule has 39 heavy (non-hydrogen) atoms. The van der Waals surface area contributed by atoms with Crippen molar-refractivity contribution >= 4 is 79.3 Å². The van der Waals surface area contributed by atoms with Crippen molar-refractivity contribution in [1.82, 2.24) is 0 Å². The van der Waals surface area contributed by atoms with Crippen LogP contribution in [0.3, 0.4) is 0 Å². The van der Waals surface area contributed by atoms with E-state index in [1.54, 1.807) is 12.1 Å². The summed E-state index contributed by atoms with van der Waals surface area (Å²) in [4.78, 5) is 13.0. The molecular weight excluding hydrogens is 745 g/mol. The Morgan fingerprint density at radius 2 is 1.46 bits per heavy atom. The molecule has 4 aromatic rings. The standard InChI is InChI=1S/C28H15F5I2N2O2/c1-13-18(28(38)37(36-13)26-24(32)22(30)21(29)23(31)25(26)33)9-14-10-19(34)27(20(35)11-14)39-12-16-7-4-6-15-5-2-3-8-17(15)16/h2-11H,12H2,1H3/b18-9+. The number of halogens is 7. The number of carbonyl (C=O) groups excluding carboxylic acids is 1. The van der Waals surface area contributed by atoms with Crippen LogP contribution in [0.25, 0.3) is 16.8 Å². The third kappa shape index (κ3) is 5.01. The molecule has 0 bridgehead atoms. The van der Waals surface area contributed by atoms with Crippen molar-refractivity contribution in [1.29, 1.82) is 0 Å². The summed E-state index contributed by atoms with van der Waals surface area (Å²) in [5, 5.41) is 6.14. The Labute approximate surface area is 246 Å². The molecule has 0 radical (unpaired) electrons. The summed E-state index contributed by atoms with van der Waals surface area (Å²) in [5.74, 6) is -11.3. The second kappa shape index (κ2) is 10.8. The summed E-state index contributed by atoms with van der Waals surface area (Å²) in [6, 6.07) is 17.5. The van der Waals surface area contributed by atoms with Gasteiger partial charge in [0, 0.05) is 0 Å². The van der Waals surface area contributed by atoms with Crippen LogP contribution in [0.15, 0.2) is 65.3 Å². The van der Waals surface area contributed by atoms with Gasteiger partial charge in [0.25, 0.3) is 5.91 Å². The fourth-order valence-corrected chi connectivity index (χ4v) is 6.28. The Morgan fingerprint density at radius 1 is 0.872 bits per heavy atom. The molecule has 198 valence electrons. The van der Waals surface area contributed by atoms with E-state index in [2.05, 4.69) is 50.3 Å². The number of hydrogen-bond donors (Lipinski definition) is 0. The highest BCUT2D eigenvalue weighted by Gasteiger charge is 2.37. The number of hydrazone groups is 1. The van der Waals surface area contributed by atoms with Gasteiger partial charge in [-0.25, -0.2) is 22.0 Å². The van der Waals surface area contributed by atoms with Gasteiger partial charge in [0.1, 0.15) is 18.0 Å². The Kier molecular flexibility index (Phi) is 7.64. The van der Waals surface area contributed by atoms with E-state index in [0.29, 0.717) is 17.9 Å². The normalized spacial score (nSPS) is 14.5. The molecule has 0 fully saturated rings. The van der Waals surface area contributed by atoms with Crippen LogP contribution >= 0.6 is 45.2 Å². The first-order chi connectivity index (χ1) is 18.6. The summed E-state index contributed by atoms with van der Waals surface area (Å²) in [6.45, 7) is 1.72. The Hall–Kier alpha value is -3.07. The van der Waals surface area contributed by atoms with Crippen molar-refractivity contribution in [3.63, 3.8) is 0 Å². The molecule has 4 nitrogen and oxygen atoms in total. The average Bonchev–Trinajstić information content (AvgIpc) is 3.18. The van der Waals surface area contributed by atoms with Crippen molar-refractivity contribution in [2.45, 2.75) is 13.5 Å². The van der Waals surface area contributed by atoms with Crippen LogP contribution in [0.5, 0.6) is 5.75 Å². The van der Waals surface area contributed by atoms with Crippen LogP contribution in [0.1, 0.15) is 18.1 Å². The number of carbonyl (C=O) groups is 1. The molecule has 1 heterocycles. The SMILES string of the molecule is CC1=NN(c2c(F)c(F)c(F)c(F)c2F)C(=O)/C1=C/c1cc(I)c(OCc2cccc3ccccc23)c(I)c1. The van der Waals surface area contributed by atoms with Crippen LogP contribution in [0, 0.1) is 36.2 Å². The maximum absolute atomic E-state index is 14.3. The predicted molar refractivity (Wildman–Crippen MR) is 155 cm³/mol. The minimum absolute atomic E-state index is 0.0465. The lowest BCUT2D eigenvalue weighted by Gasteiger charge is -2.15. The summed E-state index contributed by atoms with van der Waals surface area (Å²) in [6.07, 6.45) is 1.44. The Bertz CT molecular complexity index is 1680. The smallest absolute Gasteiger partial charge is 0.280 e. The van der Waals surface area contributed by atoms with Crippen LogP contribution in [-0.4, -0.2) is 11.6 Å². The summed E-state index contributed by atoms with van der Waals surface area (Å²) in [5.41, 5.74) is 0.127. The van der Waals surface area contributed by atoms with Crippen LogP contribution in [0.4, 0.5) is 27.6 Å². The van der Waals surface area contributed by atoms with Crippen molar-refractivity contribution in [2.75, 3.05) is 5.01 Å². The number of amides is 1. The maximum Gasteiger partial charge on any atom is 0.280 e. The van der Waals surface area contributed by atoms with Crippen molar-refractivity contribution in [3.8, 4) is 5.75 Å². The minimum atomic E-state index is -2.32. The lowest BCUT2D eigenvalue weighted by Crippen LogP contribution is -2.25. The van der Waals surface area contributed by atoms with Crippen LogP contribution < -0.4 is 9.75 Å². The number of fused-ring (bicyclic) bond motifs is 1. The van der Waals surface area contributed by atoms with Crippen molar-refractivity contribution in [2.24, 2.45) is 5.10 Å². The van der Waals surface area contributed by atoms with E-state index in [1.165, 1.54) is 13.0 Å². The van der Waals surface area contributed by atoms with Gasteiger partial charge in [-0.2, -0.15) is 10.1 Å². The summed E-state index contributed by atoms with van der Waals surface area (Å²) >= 11 is 4.20. The van der Waals surface area contributed by atoms with Gasteiger partial charge in [0.15, 0.2) is 23.3 Å². The summed E-state index contributed by atoms with van der Waals surface area (Å²) in [7, 11) is 0. The molecule has 0 spiro atoms. The third-order valence-corrected chi connectivity index (χ3v) is 7.65. The molecule has 0 N–H and O–H groups in total. The van der Waals surface area contributed by atoms with E-state index in [1.807, 2.05) is 42.5 Å². The summed E-state index contributed by atoms with van der Waals surface area (Å²) < 4.78 is 77.2. The van der Waals surface area contributed by atoms with Gasteiger partial charge in [-0.05, 0) is 92.2 Å². The van der Waals surface area contributed by atoms with Crippen LogP contribution in [-0.2, 0) is 11.4 Å². The van der Waals surface area contributed by atoms with Crippen LogP contribution in [0.2, 0.25) is 0 Å². The molecule has 0 atom stereocenters. The molecule has 0 saturated heterocycles. The minimum Gasteiger partial charge on any atom is -0.487 e. The lowest BCUT2D eigenvalue weighted by atomic mass is 10.1. The topological polar surface area (TPSA) is 41.9 Å². The first kappa shape index (κ1) is 27.5. The van der Waals surface area contributed by atoms with Crippen molar-refractivity contribution in [3.05, 3.63) is 108 Å². The van der Waals surface area contributed by atoms with E-state index in [4.69, 9.17) is 4.74 Å². The van der Waals surface area contributed by atoms with Gasteiger partial charge in [-0.3, -0.25) is 4.79 Å². The van der Waals surface area contributed by atoms with Gasteiger partial charge in [-0.1, -0.05) is 42.5 Å². The van der Waals surface area contributed by atoms with Gasteiger partial charge in [-0.15, -0.1) is 0 Å². The lowest BCUT2D eigenvalue weighted by molar-refractivity contribution is -0.114. The largest absolute Gasteiger partial charge is 0.487 e.